The largest absolute Gasteiger partial charge is 0.382 e. The minimum absolute atomic E-state index is 0.0422. The van der Waals surface area contributed by atoms with E-state index in [1.54, 1.807) is 11.0 Å². The number of amides is 2. The molecule has 0 aromatic heterocycles. The van der Waals surface area contributed by atoms with Crippen LogP contribution in [0.25, 0.3) is 0 Å². The average molecular weight is 339 g/mol. The molecule has 0 aliphatic carbocycles. The predicted molar refractivity (Wildman–Crippen MR) is 90.8 cm³/mol. The maximum atomic E-state index is 12.2. The third-order valence-electron chi connectivity index (χ3n) is 3.93. The van der Waals surface area contributed by atoms with Gasteiger partial charge in [-0.25, -0.2) is 0 Å². The number of benzene rings is 1. The summed E-state index contributed by atoms with van der Waals surface area (Å²) in [6, 6.07) is 5.52. The van der Waals surface area contributed by atoms with Gasteiger partial charge in [0.05, 0.1) is 5.92 Å². The molecule has 1 unspecified atom stereocenters. The Bertz CT molecular complexity index is 577. The van der Waals surface area contributed by atoms with Crippen LogP contribution in [0.1, 0.15) is 25.3 Å². The van der Waals surface area contributed by atoms with E-state index in [4.69, 9.17) is 16.3 Å². The van der Waals surface area contributed by atoms with Crippen LogP contribution in [0.4, 0.5) is 5.69 Å². The molecule has 1 fully saturated rings. The first-order chi connectivity index (χ1) is 11.0. The number of carbonyl (C=O) groups excluding carboxylic acids is 2. The number of rotatable bonds is 7. The fourth-order valence-electron chi connectivity index (χ4n) is 2.56. The van der Waals surface area contributed by atoms with Crippen molar-refractivity contribution in [2.24, 2.45) is 5.92 Å². The van der Waals surface area contributed by atoms with Gasteiger partial charge < -0.3 is 15.0 Å². The lowest BCUT2D eigenvalue weighted by Gasteiger charge is -2.17. The molecular weight excluding hydrogens is 316 g/mol. The lowest BCUT2D eigenvalue weighted by atomic mass is 10.1. The van der Waals surface area contributed by atoms with Crippen molar-refractivity contribution in [3.8, 4) is 0 Å². The molecule has 1 saturated heterocycles. The van der Waals surface area contributed by atoms with Crippen molar-refractivity contribution in [3.05, 3.63) is 28.8 Å². The van der Waals surface area contributed by atoms with Crippen molar-refractivity contribution in [1.82, 2.24) is 5.32 Å². The van der Waals surface area contributed by atoms with Gasteiger partial charge in [0.1, 0.15) is 0 Å². The van der Waals surface area contributed by atoms with Crippen LogP contribution in [0.15, 0.2) is 18.2 Å². The summed E-state index contributed by atoms with van der Waals surface area (Å²) in [5.41, 5.74) is 1.71. The van der Waals surface area contributed by atoms with Crippen molar-refractivity contribution in [1.29, 1.82) is 0 Å². The first-order valence-electron chi connectivity index (χ1n) is 7.95. The van der Waals surface area contributed by atoms with E-state index >= 15 is 0 Å². The van der Waals surface area contributed by atoms with E-state index in [9.17, 15) is 9.59 Å². The summed E-state index contributed by atoms with van der Waals surface area (Å²) in [6.45, 7) is 6.13. The Morgan fingerprint density at radius 3 is 2.96 bits per heavy atom. The van der Waals surface area contributed by atoms with Crippen LogP contribution in [0.5, 0.6) is 0 Å². The van der Waals surface area contributed by atoms with Gasteiger partial charge in [-0.3, -0.25) is 9.59 Å². The van der Waals surface area contributed by atoms with Crippen LogP contribution in [0.2, 0.25) is 5.02 Å². The number of ether oxygens (including phenoxy) is 1. The van der Waals surface area contributed by atoms with E-state index in [1.165, 1.54) is 0 Å². The SMILES string of the molecule is CCOCCCNC(=O)C1CC(=O)N(c2ccc(C)c(Cl)c2)C1. The topological polar surface area (TPSA) is 58.6 Å². The second kappa shape index (κ2) is 8.31. The van der Waals surface area contributed by atoms with Gasteiger partial charge in [0, 0.05) is 43.4 Å². The van der Waals surface area contributed by atoms with E-state index < -0.39 is 0 Å². The van der Waals surface area contributed by atoms with Gasteiger partial charge in [-0.15, -0.1) is 0 Å². The van der Waals surface area contributed by atoms with Crippen molar-refractivity contribution in [2.75, 3.05) is 31.2 Å². The quantitative estimate of drug-likeness (QED) is 0.777. The van der Waals surface area contributed by atoms with Gasteiger partial charge in [-0.05, 0) is 38.0 Å². The lowest BCUT2D eigenvalue weighted by Crippen LogP contribution is -2.33. The minimum Gasteiger partial charge on any atom is -0.382 e. The standard InChI is InChI=1S/C17H23ClN2O3/c1-3-23-8-4-7-19-17(22)13-9-16(21)20(11-13)14-6-5-12(2)15(18)10-14/h5-6,10,13H,3-4,7-9,11H2,1-2H3,(H,19,22). The van der Waals surface area contributed by atoms with Gasteiger partial charge in [-0.2, -0.15) is 0 Å². The fraction of sp³-hybridized carbons (Fsp3) is 0.529. The molecule has 0 radical (unpaired) electrons. The molecule has 1 aromatic rings. The Balaban J connectivity index is 1.89. The molecule has 0 bridgehead atoms. The molecule has 2 rings (SSSR count). The highest BCUT2D eigenvalue weighted by Crippen LogP contribution is 2.28. The highest BCUT2D eigenvalue weighted by molar-refractivity contribution is 6.31. The normalized spacial score (nSPS) is 17.6. The highest BCUT2D eigenvalue weighted by Gasteiger charge is 2.35. The number of halogens is 1. The van der Waals surface area contributed by atoms with Gasteiger partial charge in [0.2, 0.25) is 11.8 Å². The van der Waals surface area contributed by atoms with Crippen LogP contribution >= 0.6 is 11.6 Å². The summed E-state index contributed by atoms with van der Waals surface area (Å²) >= 11 is 6.12. The molecule has 6 heteroatoms. The summed E-state index contributed by atoms with van der Waals surface area (Å²) in [4.78, 5) is 26.0. The third kappa shape index (κ3) is 4.69. The Morgan fingerprint density at radius 1 is 1.48 bits per heavy atom. The number of anilines is 1. The van der Waals surface area contributed by atoms with Crippen molar-refractivity contribution >= 4 is 29.1 Å². The molecule has 0 saturated carbocycles. The Morgan fingerprint density at radius 2 is 2.26 bits per heavy atom. The Labute approximate surface area is 141 Å². The van der Waals surface area contributed by atoms with Crippen LogP contribution in [0, 0.1) is 12.8 Å². The number of nitrogens with zero attached hydrogens (tertiary/aromatic N) is 1. The summed E-state index contributed by atoms with van der Waals surface area (Å²) in [5, 5.41) is 3.50. The second-order valence-electron chi connectivity index (χ2n) is 5.68. The van der Waals surface area contributed by atoms with Crippen LogP contribution < -0.4 is 10.2 Å². The maximum absolute atomic E-state index is 12.2. The van der Waals surface area contributed by atoms with Crippen molar-refractivity contribution < 1.29 is 14.3 Å². The zero-order valence-corrected chi connectivity index (χ0v) is 14.4. The van der Waals surface area contributed by atoms with Crippen LogP contribution in [0.3, 0.4) is 0 Å². The molecule has 1 heterocycles. The molecule has 1 aliphatic heterocycles. The molecule has 2 amide bonds. The zero-order chi connectivity index (χ0) is 16.8. The molecule has 0 spiro atoms. The molecule has 5 nitrogen and oxygen atoms in total. The van der Waals surface area contributed by atoms with E-state index in [0.717, 1.165) is 17.7 Å². The first kappa shape index (κ1) is 17.8. The maximum Gasteiger partial charge on any atom is 0.227 e. The van der Waals surface area contributed by atoms with Crippen LogP contribution in [-0.4, -0.2) is 38.1 Å². The second-order valence-corrected chi connectivity index (χ2v) is 6.09. The number of hydrogen-bond donors (Lipinski definition) is 1. The fourth-order valence-corrected chi connectivity index (χ4v) is 2.73. The molecule has 1 N–H and O–H groups in total. The van der Waals surface area contributed by atoms with E-state index in [2.05, 4.69) is 5.32 Å². The minimum atomic E-state index is -0.310. The molecular formula is C17H23ClN2O3. The van der Waals surface area contributed by atoms with Gasteiger partial charge in [-0.1, -0.05) is 17.7 Å². The van der Waals surface area contributed by atoms with E-state index in [-0.39, 0.29) is 24.2 Å². The summed E-state index contributed by atoms with van der Waals surface area (Å²) in [7, 11) is 0. The number of carbonyl (C=O) groups is 2. The lowest BCUT2D eigenvalue weighted by molar-refractivity contribution is -0.126. The Kier molecular flexibility index (Phi) is 6.42. The van der Waals surface area contributed by atoms with Crippen molar-refractivity contribution in [3.63, 3.8) is 0 Å². The monoisotopic (exact) mass is 338 g/mol. The summed E-state index contributed by atoms with van der Waals surface area (Å²) < 4.78 is 5.23. The average Bonchev–Trinajstić information content (AvgIpc) is 2.92. The number of aryl methyl sites for hydroxylation is 1. The van der Waals surface area contributed by atoms with Crippen LogP contribution in [-0.2, 0) is 14.3 Å². The predicted octanol–water partition coefficient (Wildman–Crippen LogP) is 2.54. The number of nitrogens with one attached hydrogen (secondary N) is 1. The molecule has 1 aliphatic rings. The molecule has 1 atom stereocenters. The molecule has 126 valence electrons. The highest BCUT2D eigenvalue weighted by atomic mass is 35.5. The summed E-state index contributed by atoms with van der Waals surface area (Å²) in [5.74, 6) is -0.426. The first-order valence-corrected chi connectivity index (χ1v) is 8.32. The Hall–Kier alpha value is -1.59. The molecule has 1 aromatic carbocycles. The molecule has 23 heavy (non-hydrogen) atoms. The third-order valence-corrected chi connectivity index (χ3v) is 4.34. The summed E-state index contributed by atoms with van der Waals surface area (Å²) in [6.07, 6.45) is 1.01. The van der Waals surface area contributed by atoms with Gasteiger partial charge >= 0.3 is 0 Å². The number of hydrogen-bond acceptors (Lipinski definition) is 3. The van der Waals surface area contributed by atoms with Crippen molar-refractivity contribution in [2.45, 2.75) is 26.7 Å². The van der Waals surface area contributed by atoms with E-state index in [0.29, 0.717) is 31.3 Å². The zero-order valence-electron chi connectivity index (χ0n) is 13.6. The van der Waals surface area contributed by atoms with Gasteiger partial charge in [0.25, 0.3) is 0 Å². The van der Waals surface area contributed by atoms with Gasteiger partial charge in [0.15, 0.2) is 0 Å². The van der Waals surface area contributed by atoms with E-state index in [1.807, 2.05) is 26.0 Å². The smallest absolute Gasteiger partial charge is 0.227 e.